The molecule has 0 aliphatic heterocycles. The van der Waals surface area contributed by atoms with Crippen molar-refractivity contribution in [1.82, 2.24) is 0 Å². The predicted molar refractivity (Wildman–Crippen MR) is 72.6 cm³/mol. The first kappa shape index (κ1) is 12.1. The Morgan fingerprint density at radius 1 is 1.12 bits per heavy atom. The van der Waals surface area contributed by atoms with E-state index in [9.17, 15) is 0 Å². The fraction of sp³-hybridized carbons (Fsp3) is 0.286. The average molecular weight is 247 g/mol. The molecule has 2 aromatic rings. The molecule has 2 N–H and O–H groups in total. The van der Waals surface area contributed by atoms with Gasteiger partial charge in [0.05, 0.1) is 12.1 Å². The first-order valence-corrected chi connectivity index (χ1v) is 6.61. The number of thiophene rings is 1. The smallest absolute Gasteiger partial charge is 0.124 e. The molecule has 0 spiro atoms. The molecule has 1 aromatic heterocycles. The topological polar surface area (TPSA) is 35.2 Å². The number of benzene rings is 1. The molecule has 0 saturated heterocycles. The summed E-state index contributed by atoms with van der Waals surface area (Å²) in [5.74, 6) is 0.878. The molecular weight excluding hydrogens is 230 g/mol. The lowest BCUT2D eigenvalue weighted by atomic mass is 10.1. The number of ether oxygens (including phenoxy) is 1. The van der Waals surface area contributed by atoms with Gasteiger partial charge in [-0.1, -0.05) is 24.3 Å². The third kappa shape index (κ3) is 2.87. The largest absolute Gasteiger partial charge is 0.491 e. The van der Waals surface area contributed by atoms with Gasteiger partial charge in [-0.15, -0.1) is 11.3 Å². The minimum absolute atomic E-state index is 0.107. The third-order valence-electron chi connectivity index (χ3n) is 2.47. The van der Waals surface area contributed by atoms with Crippen LogP contribution in [-0.2, 0) is 0 Å². The molecule has 0 aliphatic carbocycles. The molecule has 0 saturated carbocycles. The van der Waals surface area contributed by atoms with E-state index in [1.54, 1.807) is 11.3 Å². The van der Waals surface area contributed by atoms with Crippen LogP contribution in [0.3, 0.4) is 0 Å². The van der Waals surface area contributed by atoms with E-state index in [0.717, 1.165) is 16.2 Å². The lowest BCUT2D eigenvalue weighted by Gasteiger charge is -2.17. The molecule has 0 fully saturated rings. The summed E-state index contributed by atoms with van der Waals surface area (Å²) < 4.78 is 5.79. The van der Waals surface area contributed by atoms with Gasteiger partial charge in [-0.3, -0.25) is 0 Å². The van der Waals surface area contributed by atoms with Crippen LogP contribution in [0.15, 0.2) is 41.8 Å². The summed E-state index contributed by atoms with van der Waals surface area (Å²) in [4.78, 5) is 1.16. The van der Waals surface area contributed by atoms with E-state index in [2.05, 4.69) is 6.07 Å². The zero-order valence-corrected chi connectivity index (χ0v) is 10.9. The SMILES string of the molecule is CC(C)Oc1ccccc1[C@H](N)c1cccs1. The first-order chi connectivity index (χ1) is 8.18. The van der Waals surface area contributed by atoms with Crippen molar-refractivity contribution < 1.29 is 4.74 Å². The predicted octanol–water partition coefficient (Wildman–Crippen LogP) is 3.58. The molecule has 0 radical (unpaired) electrons. The summed E-state index contributed by atoms with van der Waals surface area (Å²) in [6.07, 6.45) is 0.159. The Labute approximate surface area is 106 Å². The van der Waals surface area contributed by atoms with Crippen LogP contribution >= 0.6 is 11.3 Å². The van der Waals surface area contributed by atoms with E-state index in [0.29, 0.717) is 0 Å². The van der Waals surface area contributed by atoms with Crippen LogP contribution in [0.5, 0.6) is 5.75 Å². The quantitative estimate of drug-likeness (QED) is 0.896. The summed E-state index contributed by atoms with van der Waals surface area (Å²) in [7, 11) is 0. The minimum Gasteiger partial charge on any atom is -0.491 e. The van der Waals surface area contributed by atoms with Crippen LogP contribution in [0, 0.1) is 0 Å². The van der Waals surface area contributed by atoms with Crippen LogP contribution in [-0.4, -0.2) is 6.10 Å². The molecule has 17 heavy (non-hydrogen) atoms. The molecule has 0 amide bonds. The van der Waals surface area contributed by atoms with Crippen molar-refractivity contribution in [3.8, 4) is 5.75 Å². The normalized spacial score (nSPS) is 12.7. The van der Waals surface area contributed by atoms with E-state index >= 15 is 0 Å². The second kappa shape index (κ2) is 5.34. The van der Waals surface area contributed by atoms with Crippen LogP contribution in [0.2, 0.25) is 0 Å². The van der Waals surface area contributed by atoms with Gasteiger partial charge in [0.15, 0.2) is 0 Å². The monoisotopic (exact) mass is 247 g/mol. The molecule has 2 rings (SSSR count). The minimum atomic E-state index is -0.107. The van der Waals surface area contributed by atoms with Gasteiger partial charge in [0.2, 0.25) is 0 Å². The van der Waals surface area contributed by atoms with Crippen molar-refractivity contribution in [3.05, 3.63) is 52.2 Å². The maximum Gasteiger partial charge on any atom is 0.124 e. The van der Waals surface area contributed by atoms with E-state index in [1.807, 2.05) is 49.6 Å². The molecule has 0 bridgehead atoms. The van der Waals surface area contributed by atoms with Crippen molar-refractivity contribution in [3.63, 3.8) is 0 Å². The number of para-hydroxylation sites is 1. The molecule has 0 aliphatic rings. The van der Waals surface area contributed by atoms with Crippen LogP contribution < -0.4 is 10.5 Å². The van der Waals surface area contributed by atoms with E-state index in [1.165, 1.54) is 0 Å². The van der Waals surface area contributed by atoms with E-state index in [-0.39, 0.29) is 12.1 Å². The second-order valence-corrected chi connectivity index (χ2v) is 5.18. The molecule has 1 atom stereocenters. The lowest BCUT2D eigenvalue weighted by Crippen LogP contribution is -2.14. The second-order valence-electron chi connectivity index (χ2n) is 4.20. The van der Waals surface area contributed by atoms with Crippen molar-refractivity contribution in [2.45, 2.75) is 26.0 Å². The first-order valence-electron chi connectivity index (χ1n) is 5.73. The van der Waals surface area contributed by atoms with Crippen LogP contribution in [0.1, 0.15) is 30.3 Å². The van der Waals surface area contributed by atoms with Gasteiger partial charge in [-0.25, -0.2) is 0 Å². The van der Waals surface area contributed by atoms with Crippen LogP contribution in [0.25, 0.3) is 0 Å². The average Bonchev–Trinajstić information content (AvgIpc) is 2.81. The van der Waals surface area contributed by atoms with E-state index < -0.39 is 0 Å². The number of nitrogens with two attached hydrogens (primary N) is 1. The van der Waals surface area contributed by atoms with Crippen molar-refractivity contribution in [1.29, 1.82) is 0 Å². The Kier molecular flexibility index (Phi) is 3.82. The molecular formula is C14H17NOS. The van der Waals surface area contributed by atoms with Crippen molar-refractivity contribution in [2.75, 3.05) is 0 Å². The summed E-state index contributed by atoms with van der Waals surface area (Å²) in [6.45, 7) is 4.04. The summed E-state index contributed by atoms with van der Waals surface area (Å²) in [5, 5.41) is 2.04. The molecule has 1 aromatic carbocycles. The van der Waals surface area contributed by atoms with Gasteiger partial charge in [-0.2, -0.15) is 0 Å². The Hall–Kier alpha value is -1.32. The van der Waals surface area contributed by atoms with Gasteiger partial charge in [0.1, 0.15) is 5.75 Å². The fourth-order valence-electron chi connectivity index (χ4n) is 1.72. The van der Waals surface area contributed by atoms with Gasteiger partial charge in [-0.05, 0) is 31.4 Å². The Bertz CT molecular complexity index is 465. The summed E-state index contributed by atoms with van der Waals surface area (Å²) in [5.41, 5.74) is 7.31. The van der Waals surface area contributed by atoms with Crippen molar-refractivity contribution >= 4 is 11.3 Å². The molecule has 0 unspecified atom stereocenters. The number of rotatable bonds is 4. The van der Waals surface area contributed by atoms with Gasteiger partial charge in [0.25, 0.3) is 0 Å². The zero-order chi connectivity index (χ0) is 12.3. The van der Waals surface area contributed by atoms with Crippen LogP contribution in [0.4, 0.5) is 0 Å². The highest BCUT2D eigenvalue weighted by Gasteiger charge is 2.15. The van der Waals surface area contributed by atoms with Gasteiger partial charge >= 0.3 is 0 Å². The zero-order valence-electron chi connectivity index (χ0n) is 10.1. The lowest BCUT2D eigenvalue weighted by molar-refractivity contribution is 0.239. The standard InChI is InChI=1S/C14H17NOS/c1-10(2)16-12-7-4-3-6-11(12)14(15)13-8-5-9-17-13/h3-10,14H,15H2,1-2H3/t14-/m0/s1. The molecule has 1 heterocycles. The Morgan fingerprint density at radius 2 is 1.88 bits per heavy atom. The Balaban J connectivity index is 2.31. The van der Waals surface area contributed by atoms with Gasteiger partial charge in [0, 0.05) is 10.4 Å². The molecule has 90 valence electrons. The highest BCUT2D eigenvalue weighted by molar-refractivity contribution is 7.10. The fourth-order valence-corrected chi connectivity index (χ4v) is 2.47. The maximum atomic E-state index is 6.27. The van der Waals surface area contributed by atoms with E-state index in [4.69, 9.17) is 10.5 Å². The number of hydrogen-bond donors (Lipinski definition) is 1. The maximum absolute atomic E-state index is 6.27. The number of hydrogen-bond acceptors (Lipinski definition) is 3. The Morgan fingerprint density at radius 3 is 2.53 bits per heavy atom. The third-order valence-corrected chi connectivity index (χ3v) is 3.42. The summed E-state index contributed by atoms with van der Waals surface area (Å²) >= 11 is 1.67. The molecule has 2 nitrogen and oxygen atoms in total. The highest BCUT2D eigenvalue weighted by Crippen LogP contribution is 2.30. The molecule has 3 heteroatoms. The summed E-state index contributed by atoms with van der Waals surface area (Å²) in [6, 6.07) is 11.9. The van der Waals surface area contributed by atoms with Crippen molar-refractivity contribution in [2.24, 2.45) is 5.73 Å². The van der Waals surface area contributed by atoms with Gasteiger partial charge < -0.3 is 10.5 Å². The highest BCUT2D eigenvalue weighted by atomic mass is 32.1.